The van der Waals surface area contributed by atoms with E-state index in [1.807, 2.05) is 45.0 Å². The van der Waals surface area contributed by atoms with Gasteiger partial charge in [-0.05, 0) is 44.9 Å². The number of rotatable bonds is 1. The summed E-state index contributed by atoms with van der Waals surface area (Å²) in [6, 6.07) is 7.71. The zero-order valence-electron chi connectivity index (χ0n) is 12.6. The van der Waals surface area contributed by atoms with Gasteiger partial charge in [0.05, 0.1) is 6.54 Å². The summed E-state index contributed by atoms with van der Waals surface area (Å²) in [5, 5.41) is 0. The quantitative estimate of drug-likeness (QED) is 0.739. The van der Waals surface area contributed by atoms with Crippen molar-refractivity contribution in [2.45, 2.75) is 44.9 Å². The lowest BCUT2D eigenvalue weighted by Gasteiger charge is -2.35. The van der Waals surface area contributed by atoms with Crippen LogP contribution in [-0.2, 0) is 4.74 Å². The van der Waals surface area contributed by atoms with Crippen LogP contribution in [0, 0.1) is 0 Å². The topological polar surface area (TPSA) is 29.5 Å². The second-order valence-corrected chi connectivity index (χ2v) is 7.30. The molecule has 1 amide bonds. The van der Waals surface area contributed by atoms with Gasteiger partial charge in [-0.3, -0.25) is 0 Å². The highest BCUT2D eigenvalue weighted by molar-refractivity contribution is 9.10. The maximum Gasteiger partial charge on any atom is 0.410 e. The molecule has 1 aromatic carbocycles. The number of hydrogen-bond acceptors (Lipinski definition) is 2. The van der Waals surface area contributed by atoms with Crippen LogP contribution in [0.1, 0.15) is 38.7 Å². The fourth-order valence-electron chi connectivity index (χ4n) is 2.48. The predicted molar refractivity (Wildman–Crippen MR) is 84.2 cm³/mol. The summed E-state index contributed by atoms with van der Waals surface area (Å²) in [6.07, 6.45) is -0.881. The van der Waals surface area contributed by atoms with Crippen LogP contribution in [0.2, 0.25) is 0 Å². The van der Waals surface area contributed by atoms with E-state index in [1.165, 1.54) is 4.90 Å². The van der Waals surface area contributed by atoms with Crippen molar-refractivity contribution in [1.29, 1.82) is 0 Å². The number of hydrogen-bond donors (Lipinski definition) is 0. The molecule has 0 aliphatic carbocycles. The van der Waals surface area contributed by atoms with Crippen molar-refractivity contribution in [3.8, 4) is 0 Å². The van der Waals surface area contributed by atoms with E-state index >= 15 is 0 Å². The summed E-state index contributed by atoms with van der Waals surface area (Å²) < 4.78 is 20.7. The minimum atomic E-state index is -1.06. The van der Waals surface area contributed by atoms with E-state index < -0.39 is 17.9 Å². The normalized spacial score (nSPS) is 23.0. The Hall–Kier alpha value is -1.10. The molecule has 2 rings (SSSR count). The Morgan fingerprint density at radius 1 is 1.33 bits per heavy atom. The number of amides is 1. The number of benzene rings is 1. The lowest BCUT2D eigenvalue weighted by atomic mass is 9.88. The highest BCUT2D eigenvalue weighted by Gasteiger charge is 2.34. The molecular formula is C16H21BrFNO2. The Labute approximate surface area is 133 Å². The Morgan fingerprint density at radius 2 is 1.95 bits per heavy atom. The lowest BCUT2D eigenvalue weighted by molar-refractivity contribution is 0.0111. The van der Waals surface area contributed by atoms with Crippen molar-refractivity contribution in [3.05, 3.63) is 34.3 Å². The number of alkyl halides is 1. The maximum atomic E-state index is 14.4. The van der Waals surface area contributed by atoms with E-state index in [4.69, 9.17) is 4.74 Å². The molecule has 1 unspecified atom stereocenters. The van der Waals surface area contributed by atoms with Gasteiger partial charge in [-0.2, -0.15) is 0 Å². The van der Waals surface area contributed by atoms with Gasteiger partial charge in [-0.15, -0.1) is 0 Å². The second-order valence-electron chi connectivity index (χ2n) is 6.39. The van der Waals surface area contributed by atoms with Crippen molar-refractivity contribution in [2.75, 3.05) is 13.1 Å². The number of piperidine rings is 1. The number of carbonyl (C=O) groups excluding carboxylic acids is 1. The third-order valence-electron chi connectivity index (χ3n) is 3.49. The molecule has 0 bridgehead atoms. The Kier molecular flexibility index (Phi) is 4.91. The zero-order chi connectivity index (χ0) is 15.6. The largest absolute Gasteiger partial charge is 0.444 e. The highest BCUT2D eigenvalue weighted by atomic mass is 79.9. The molecule has 1 fully saturated rings. The third kappa shape index (κ3) is 4.43. The summed E-state index contributed by atoms with van der Waals surface area (Å²) in [5.74, 6) is -0.156. The standard InChI is InChI=1S/C16H21BrFNO2/c1-16(2,3)21-15(20)19-9-8-13(14(18)10-19)11-4-6-12(17)7-5-11/h4-7,13-14H,8-10H2,1-3H3/t13?,14-/m0/s1. The van der Waals surface area contributed by atoms with Crippen molar-refractivity contribution in [3.63, 3.8) is 0 Å². The molecule has 3 nitrogen and oxygen atoms in total. The van der Waals surface area contributed by atoms with E-state index in [0.717, 1.165) is 10.0 Å². The van der Waals surface area contributed by atoms with Crippen LogP contribution < -0.4 is 0 Å². The van der Waals surface area contributed by atoms with Crippen molar-refractivity contribution in [1.82, 2.24) is 4.90 Å². The lowest BCUT2D eigenvalue weighted by Crippen LogP contribution is -2.46. The van der Waals surface area contributed by atoms with Gasteiger partial charge in [0, 0.05) is 16.9 Å². The summed E-state index contributed by atoms with van der Waals surface area (Å²) >= 11 is 3.38. The number of likely N-dealkylation sites (tertiary alicyclic amines) is 1. The minimum Gasteiger partial charge on any atom is -0.444 e. The van der Waals surface area contributed by atoms with Crippen LogP contribution in [0.3, 0.4) is 0 Å². The van der Waals surface area contributed by atoms with Crippen molar-refractivity contribution >= 4 is 22.0 Å². The molecule has 21 heavy (non-hydrogen) atoms. The molecule has 116 valence electrons. The van der Waals surface area contributed by atoms with Crippen LogP contribution >= 0.6 is 15.9 Å². The number of ether oxygens (including phenoxy) is 1. The first kappa shape index (κ1) is 16.3. The number of halogens is 2. The molecule has 1 aromatic rings. The van der Waals surface area contributed by atoms with E-state index in [9.17, 15) is 9.18 Å². The molecule has 0 saturated carbocycles. The van der Waals surface area contributed by atoms with Gasteiger partial charge < -0.3 is 9.64 Å². The second kappa shape index (κ2) is 6.34. The van der Waals surface area contributed by atoms with E-state index in [0.29, 0.717) is 13.0 Å². The summed E-state index contributed by atoms with van der Waals surface area (Å²) in [4.78, 5) is 13.4. The molecular weight excluding hydrogens is 337 g/mol. The zero-order valence-corrected chi connectivity index (χ0v) is 14.2. The average molecular weight is 358 g/mol. The SMILES string of the molecule is CC(C)(C)OC(=O)N1CCC(c2ccc(Br)cc2)[C@@H](F)C1. The molecule has 1 heterocycles. The molecule has 5 heteroatoms. The molecule has 0 radical (unpaired) electrons. The first-order valence-corrected chi connectivity index (χ1v) is 7.93. The van der Waals surface area contributed by atoms with Crippen LogP contribution in [0.5, 0.6) is 0 Å². The number of carbonyl (C=O) groups is 1. The molecule has 0 spiro atoms. The predicted octanol–water partition coefficient (Wildman–Crippen LogP) is 4.51. The maximum absolute atomic E-state index is 14.4. The fourth-order valence-corrected chi connectivity index (χ4v) is 2.75. The Bertz CT molecular complexity index is 498. The number of nitrogens with zero attached hydrogens (tertiary/aromatic N) is 1. The van der Waals surface area contributed by atoms with Gasteiger partial charge in [0.25, 0.3) is 0 Å². The van der Waals surface area contributed by atoms with Crippen molar-refractivity contribution in [2.24, 2.45) is 0 Å². The smallest absolute Gasteiger partial charge is 0.410 e. The molecule has 0 aromatic heterocycles. The van der Waals surface area contributed by atoms with Crippen LogP contribution in [-0.4, -0.2) is 35.9 Å². The van der Waals surface area contributed by atoms with Gasteiger partial charge in [0.2, 0.25) is 0 Å². The van der Waals surface area contributed by atoms with Gasteiger partial charge in [0.1, 0.15) is 11.8 Å². The molecule has 2 atom stereocenters. The van der Waals surface area contributed by atoms with Gasteiger partial charge in [-0.25, -0.2) is 9.18 Å². The van der Waals surface area contributed by atoms with E-state index in [2.05, 4.69) is 15.9 Å². The first-order chi connectivity index (χ1) is 9.76. The molecule has 1 aliphatic heterocycles. The summed E-state index contributed by atoms with van der Waals surface area (Å²) in [5.41, 5.74) is 0.431. The molecule has 1 saturated heterocycles. The summed E-state index contributed by atoms with van der Waals surface area (Å²) in [6.45, 7) is 6.05. The van der Waals surface area contributed by atoms with Gasteiger partial charge in [-0.1, -0.05) is 28.1 Å². The Morgan fingerprint density at radius 3 is 2.48 bits per heavy atom. The summed E-state index contributed by atoms with van der Waals surface area (Å²) in [7, 11) is 0. The third-order valence-corrected chi connectivity index (χ3v) is 4.02. The van der Waals surface area contributed by atoms with Gasteiger partial charge in [0.15, 0.2) is 0 Å². The van der Waals surface area contributed by atoms with E-state index in [1.54, 1.807) is 0 Å². The molecule has 0 N–H and O–H groups in total. The van der Waals surface area contributed by atoms with Gasteiger partial charge >= 0.3 is 6.09 Å². The van der Waals surface area contributed by atoms with Crippen LogP contribution in [0.15, 0.2) is 28.7 Å². The van der Waals surface area contributed by atoms with E-state index in [-0.39, 0.29) is 12.5 Å². The highest BCUT2D eigenvalue weighted by Crippen LogP contribution is 2.31. The first-order valence-electron chi connectivity index (χ1n) is 7.14. The minimum absolute atomic E-state index is 0.0929. The van der Waals surface area contributed by atoms with Crippen LogP contribution in [0.25, 0.3) is 0 Å². The van der Waals surface area contributed by atoms with Crippen molar-refractivity contribution < 1.29 is 13.9 Å². The van der Waals surface area contributed by atoms with Crippen LogP contribution in [0.4, 0.5) is 9.18 Å². The fraction of sp³-hybridized carbons (Fsp3) is 0.562. The Balaban J connectivity index is 1.99. The molecule has 1 aliphatic rings. The monoisotopic (exact) mass is 357 g/mol. The average Bonchev–Trinajstić information content (AvgIpc) is 2.38.